The first-order valence-corrected chi connectivity index (χ1v) is 6.31. The predicted molar refractivity (Wildman–Crippen MR) is 54.2 cm³/mol. The Morgan fingerprint density at radius 3 is 3.00 bits per heavy atom. The molecule has 0 fully saturated rings. The van der Waals surface area contributed by atoms with Crippen LogP contribution in [-0.2, 0) is 4.79 Å². The highest BCUT2D eigenvalue weighted by Crippen LogP contribution is 2.39. The molecular formula is C8H12O2S2. The SMILES string of the molecule is O=C(O)CCCCC1=CCSS1. The third-order valence-corrected chi connectivity index (χ3v) is 4.02. The number of carbonyl (C=O) groups is 1. The first-order valence-electron chi connectivity index (χ1n) is 3.99. The van der Waals surface area contributed by atoms with E-state index in [1.165, 1.54) is 4.91 Å². The van der Waals surface area contributed by atoms with Gasteiger partial charge in [0.15, 0.2) is 0 Å². The van der Waals surface area contributed by atoms with Gasteiger partial charge >= 0.3 is 5.97 Å². The molecule has 0 aliphatic carbocycles. The van der Waals surface area contributed by atoms with Crippen molar-refractivity contribution >= 4 is 27.6 Å². The Kier molecular flexibility index (Phi) is 4.61. The van der Waals surface area contributed by atoms with Crippen LogP contribution < -0.4 is 0 Å². The van der Waals surface area contributed by atoms with Gasteiger partial charge in [-0.25, -0.2) is 0 Å². The van der Waals surface area contributed by atoms with Crippen LogP contribution in [0.5, 0.6) is 0 Å². The lowest BCUT2D eigenvalue weighted by molar-refractivity contribution is -0.137. The van der Waals surface area contributed by atoms with Crippen molar-refractivity contribution in [3.63, 3.8) is 0 Å². The number of rotatable bonds is 5. The summed E-state index contributed by atoms with van der Waals surface area (Å²) in [5, 5.41) is 8.38. The summed E-state index contributed by atoms with van der Waals surface area (Å²) in [5.41, 5.74) is 0. The largest absolute Gasteiger partial charge is 0.481 e. The van der Waals surface area contributed by atoms with Gasteiger partial charge < -0.3 is 5.11 Å². The molecule has 0 aromatic carbocycles. The van der Waals surface area contributed by atoms with Crippen LogP contribution in [0.3, 0.4) is 0 Å². The molecule has 68 valence electrons. The molecule has 12 heavy (non-hydrogen) atoms. The lowest BCUT2D eigenvalue weighted by Gasteiger charge is -1.98. The molecule has 0 atom stereocenters. The Bertz CT molecular complexity index is 189. The van der Waals surface area contributed by atoms with E-state index < -0.39 is 5.97 Å². The minimum atomic E-state index is -0.683. The molecule has 0 saturated carbocycles. The van der Waals surface area contributed by atoms with Crippen molar-refractivity contribution in [1.29, 1.82) is 0 Å². The maximum absolute atomic E-state index is 10.2. The van der Waals surface area contributed by atoms with E-state index in [0.29, 0.717) is 6.42 Å². The van der Waals surface area contributed by atoms with Crippen LogP contribution in [0.25, 0.3) is 0 Å². The summed E-state index contributed by atoms with van der Waals surface area (Å²) in [7, 11) is 3.69. The summed E-state index contributed by atoms with van der Waals surface area (Å²) < 4.78 is 0. The molecule has 4 heteroatoms. The Morgan fingerprint density at radius 2 is 2.42 bits per heavy atom. The average molecular weight is 204 g/mol. The smallest absolute Gasteiger partial charge is 0.303 e. The average Bonchev–Trinajstić information content (AvgIpc) is 2.49. The van der Waals surface area contributed by atoms with Gasteiger partial charge in [-0.2, -0.15) is 0 Å². The molecule has 2 nitrogen and oxygen atoms in total. The first kappa shape index (κ1) is 9.99. The maximum Gasteiger partial charge on any atom is 0.303 e. The van der Waals surface area contributed by atoms with Crippen molar-refractivity contribution in [1.82, 2.24) is 0 Å². The van der Waals surface area contributed by atoms with Gasteiger partial charge in [0.1, 0.15) is 0 Å². The zero-order valence-electron chi connectivity index (χ0n) is 6.78. The van der Waals surface area contributed by atoms with Crippen LogP contribution in [0.4, 0.5) is 0 Å². The van der Waals surface area contributed by atoms with Gasteiger partial charge in [-0.1, -0.05) is 27.7 Å². The quantitative estimate of drug-likeness (QED) is 0.552. The Balaban J connectivity index is 1.98. The minimum absolute atomic E-state index is 0.311. The molecule has 0 radical (unpaired) electrons. The fourth-order valence-corrected chi connectivity index (χ4v) is 3.28. The molecule has 1 N–H and O–H groups in total. The lowest BCUT2D eigenvalue weighted by atomic mass is 10.2. The monoisotopic (exact) mass is 204 g/mol. The van der Waals surface area contributed by atoms with Crippen molar-refractivity contribution in [2.45, 2.75) is 25.7 Å². The summed E-state index contributed by atoms with van der Waals surface area (Å²) in [6, 6.07) is 0. The highest BCUT2D eigenvalue weighted by atomic mass is 33.1. The first-order chi connectivity index (χ1) is 5.79. The number of carboxylic acid groups (broad SMARTS) is 1. The van der Waals surface area contributed by atoms with Crippen molar-refractivity contribution in [2.24, 2.45) is 0 Å². The van der Waals surface area contributed by atoms with Gasteiger partial charge in [-0.3, -0.25) is 4.79 Å². The van der Waals surface area contributed by atoms with E-state index in [2.05, 4.69) is 6.08 Å². The predicted octanol–water partition coefficient (Wildman–Crippen LogP) is 2.91. The van der Waals surface area contributed by atoms with Gasteiger partial charge in [-0.05, 0) is 24.2 Å². The molecule has 1 aliphatic rings. The third kappa shape index (κ3) is 4.07. The minimum Gasteiger partial charge on any atom is -0.481 e. The summed E-state index contributed by atoms with van der Waals surface area (Å²) in [6.45, 7) is 0. The van der Waals surface area contributed by atoms with E-state index >= 15 is 0 Å². The van der Waals surface area contributed by atoms with Gasteiger partial charge in [0.25, 0.3) is 0 Å². The number of aliphatic carboxylic acids is 1. The molecule has 0 aromatic rings. The van der Waals surface area contributed by atoms with Gasteiger partial charge in [-0.15, -0.1) is 0 Å². The van der Waals surface area contributed by atoms with E-state index in [9.17, 15) is 4.79 Å². The van der Waals surface area contributed by atoms with Gasteiger partial charge in [0, 0.05) is 12.2 Å². The van der Waals surface area contributed by atoms with Crippen molar-refractivity contribution in [3.05, 3.63) is 11.0 Å². The van der Waals surface area contributed by atoms with Crippen LogP contribution in [0, 0.1) is 0 Å². The molecule has 0 amide bonds. The van der Waals surface area contributed by atoms with Crippen molar-refractivity contribution in [2.75, 3.05) is 5.75 Å². The van der Waals surface area contributed by atoms with Crippen LogP contribution >= 0.6 is 21.6 Å². The fourth-order valence-electron chi connectivity index (χ4n) is 0.990. The second-order valence-corrected chi connectivity index (χ2v) is 5.11. The maximum atomic E-state index is 10.2. The molecule has 0 bridgehead atoms. The fraction of sp³-hybridized carbons (Fsp3) is 0.625. The molecule has 1 aliphatic heterocycles. The number of carboxylic acids is 1. The molecule has 1 rings (SSSR count). The van der Waals surface area contributed by atoms with E-state index in [1.54, 1.807) is 0 Å². The summed E-state index contributed by atoms with van der Waals surface area (Å²) in [5.74, 6) is 0.427. The van der Waals surface area contributed by atoms with Crippen molar-refractivity contribution < 1.29 is 9.90 Å². The molecule has 0 saturated heterocycles. The zero-order chi connectivity index (χ0) is 8.81. The summed E-state index contributed by atoms with van der Waals surface area (Å²) >= 11 is 0. The van der Waals surface area contributed by atoms with E-state index in [4.69, 9.17) is 5.11 Å². The molecular weight excluding hydrogens is 192 g/mol. The standard InChI is InChI=1S/C8H12O2S2/c9-8(10)4-2-1-3-7-5-6-11-12-7/h5H,1-4,6H2,(H,9,10). The zero-order valence-corrected chi connectivity index (χ0v) is 8.42. The Hall–Kier alpha value is -0.0900. The highest BCUT2D eigenvalue weighted by Gasteiger charge is 2.05. The number of unbranched alkanes of at least 4 members (excludes halogenated alkanes) is 1. The van der Waals surface area contributed by atoms with E-state index in [1.807, 2.05) is 21.6 Å². The Morgan fingerprint density at radius 1 is 1.58 bits per heavy atom. The van der Waals surface area contributed by atoms with E-state index in [0.717, 1.165) is 25.0 Å². The van der Waals surface area contributed by atoms with Crippen LogP contribution in [0.15, 0.2) is 11.0 Å². The topological polar surface area (TPSA) is 37.3 Å². The summed E-state index contributed by atoms with van der Waals surface area (Å²) in [4.78, 5) is 11.6. The molecule has 0 aromatic heterocycles. The number of hydrogen-bond donors (Lipinski definition) is 1. The number of hydrogen-bond acceptors (Lipinski definition) is 3. The summed E-state index contributed by atoms with van der Waals surface area (Å²) in [6.07, 6.45) is 5.41. The van der Waals surface area contributed by atoms with Gasteiger partial charge in [0.05, 0.1) is 0 Å². The second kappa shape index (κ2) is 5.54. The lowest BCUT2D eigenvalue weighted by Crippen LogP contribution is -1.93. The Labute approximate surface area is 80.2 Å². The van der Waals surface area contributed by atoms with Crippen LogP contribution in [-0.4, -0.2) is 16.8 Å². The number of allylic oxidation sites excluding steroid dienone is 1. The van der Waals surface area contributed by atoms with E-state index in [-0.39, 0.29) is 0 Å². The normalized spacial score (nSPS) is 16.2. The molecule has 1 heterocycles. The third-order valence-electron chi connectivity index (χ3n) is 1.61. The van der Waals surface area contributed by atoms with Crippen LogP contribution in [0.1, 0.15) is 25.7 Å². The van der Waals surface area contributed by atoms with Crippen molar-refractivity contribution in [3.8, 4) is 0 Å². The van der Waals surface area contributed by atoms with Crippen LogP contribution in [0.2, 0.25) is 0 Å². The molecule has 0 spiro atoms. The molecule has 0 unspecified atom stereocenters. The van der Waals surface area contributed by atoms with Gasteiger partial charge in [0.2, 0.25) is 0 Å². The highest BCUT2D eigenvalue weighted by molar-refractivity contribution is 8.78. The second-order valence-electron chi connectivity index (χ2n) is 2.64.